The Bertz CT molecular complexity index is 1180. The van der Waals surface area contributed by atoms with E-state index in [1.807, 2.05) is 56.3 Å². The number of carbonyl (C=O) groups is 2. The number of aromatic nitrogens is 2. The first-order valence-electron chi connectivity index (χ1n) is 8.95. The zero-order valence-electron chi connectivity index (χ0n) is 15.5. The van der Waals surface area contributed by atoms with E-state index in [-0.39, 0.29) is 11.9 Å². The monoisotopic (exact) mass is 389 g/mol. The molecule has 2 heterocycles. The molecule has 4 rings (SSSR count). The lowest BCUT2D eigenvalue weighted by Gasteiger charge is -2.16. The third-order valence-electron chi connectivity index (χ3n) is 4.79. The highest BCUT2D eigenvalue weighted by atomic mass is 32.1. The van der Waals surface area contributed by atoms with E-state index in [2.05, 4.69) is 21.6 Å². The summed E-state index contributed by atoms with van der Waals surface area (Å²) in [6.45, 7) is 3.89. The minimum absolute atomic E-state index is 0.119. The Morgan fingerprint density at radius 2 is 2.07 bits per heavy atom. The summed E-state index contributed by atoms with van der Waals surface area (Å²) in [4.78, 5) is 25.5. The van der Waals surface area contributed by atoms with Crippen LogP contribution in [0.4, 0.5) is 0 Å². The molecule has 28 heavy (non-hydrogen) atoms. The third-order valence-corrected chi connectivity index (χ3v) is 5.85. The first-order chi connectivity index (χ1) is 13.5. The highest BCUT2D eigenvalue weighted by Crippen LogP contribution is 2.29. The Hall–Kier alpha value is -3.25. The van der Waals surface area contributed by atoms with Crippen LogP contribution in [-0.4, -0.2) is 22.4 Å². The molecule has 0 radical (unpaired) electrons. The molecule has 2 aromatic carbocycles. The molecule has 0 saturated heterocycles. The lowest BCUT2D eigenvalue weighted by atomic mass is 10.0. The summed E-state index contributed by atoms with van der Waals surface area (Å²) in [6.07, 6.45) is 2.61. The van der Waals surface area contributed by atoms with Crippen LogP contribution >= 0.6 is 11.3 Å². The molecule has 0 aliphatic rings. The molecule has 0 aliphatic heterocycles. The zero-order chi connectivity index (χ0) is 19.7. The van der Waals surface area contributed by atoms with Crippen LogP contribution < -0.4 is 5.32 Å². The van der Waals surface area contributed by atoms with Crippen molar-refractivity contribution in [3.63, 3.8) is 0 Å². The van der Waals surface area contributed by atoms with Crippen LogP contribution in [0.3, 0.4) is 0 Å². The predicted molar refractivity (Wildman–Crippen MR) is 112 cm³/mol. The largest absolute Gasteiger partial charge is 0.346 e. The molecule has 4 aromatic rings. The summed E-state index contributed by atoms with van der Waals surface area (Å²) in [5.74, 6) is -0.119. The Labute approximate surface area is 166 Å². The lowest BCUT2D eigenvalue weighted by Crippen LogP contribution is -2.27. The molecule has 0 fully saturated rings. The second kappa shape index (κ2) is 7.40. The van der Waals surface area contributed by atoms with E-state index in [4.69, 9.17) is 0 Å². The molecular weight excluding hydrogens is 370 g/mol. The van der Waals surface area contributed by atoms with Gasteiger partial charge in [-0.05, 0) is 60.9 Å². The van der Waals surface area contributed by atoms with Crippen molar-refractivity contribution >= 4 is 34.4 Å². The number of hydrogen-bond donors (Lipinski definition) is 2. The van der Waals surface area contributed by atoms with Gasteiger partial charge in [0.05, 0.1) is 22.6 Å². The Morgan fingerprint density at radius 3 is 2.86 bits per heavy atom. The number of aromatic amines is 1. The summed E-state index contributed by atoms with van der Waals surface area (Å²) in [5.41, 5.74) is 4.42. The van der Waals surface area contributed by atoms with Gasteiger partial charge in [-0.3, -0.25) is 14.7 Å². The van der Waals surface area contributed by atoms with Crippen LogP contribution in [0.25, 0.3) is 21.3 Å². The van der Waals surface area contributed by atoms with Crippen molar-refractivity contribution in [1.29, 1.82) is 0 Å². The number of rotatable bonds is 5. The van der Waals surface area contributed by atoms with E-state index < -0.39 is 0 Å². The van der Waals surface area contributed by atoms with Gasteiger partial charge in [0.1, 0.15) is 0 Å². The second-order valence-corrected chi connectivity index (χ2v) is 7.88. The van der Waals surface area contributed by atoms with Crippen LogP contribution in [0.2, 0.25) is 0 Å². The van der Waals surface area contributed by atoms with Crippen LogP contribution in [0.15, 0.2) is 54.7 Å². The number of nitrogens with zero attached hydrogens (tertiary/aromatic N) is 1. The van der Waals surface area contributed by atoms with Crippen molar-refractivity contribution in [1.82, 2.24) is 15.5 Å². The Morgan fingerprint density at radius 1 is 1.21 bits per heavy atom. The van der Waals surface area contributed by atoms with Crippen molar-refractivity contribution in [3.05, 3.63) is 76.3 Å². The quantitative estimate of drug-likeness (QED) is 0.477. The molecule has 0 bridgehead atoms. The maximum atomic E-state index is 12.8. The van der Waals surface area contributed by atoms with Gasteiger partial charge in [-0.15, -0.1) is 11.3 Å². The predicted octanol–water partition coefficient (Wildman–Crippen LogP) is 4.90. The summed E-state index contributed by atoms with van der Waals surface area (Å²) in [5, 5.41) is 11.0. The summed E-state index contributed by atoms with van der Waals surface area (Å²) in [6, 6.07) is 15.4. The smallest absolute Gasteiger partial charge is 0.252 e. The molecule has 1 atom stereocenters. The standard InChI is InChI=1S/C22H19N3O2S/c1-13-8-17-11-23-25-20(17)10-19(13)22(27)24-14(2)15-4-3-5-16(9-15)21-7-6-18(12-26)28-21/h3-12,14H,1-2H3,(H,23,25)(H,24,27)/t14-/m1/s1. The van der Waals surface area contributed by atoms with Gasteiger partial charge in [0.15, 0.2) is 6.29 Å². The van der Waals surface area contributed by atoms with E-state index >= 15 is 0 Å². The maximum absolute atomic E-state index is 12.8. The number of amides is 1. The maximum Gasteiger partial charge on any atom is 0.252 e. The molecule has 0 unspecified atom stereocenters. The van der Waals surface area contributed by atoms with Gasteiger partial charge in [-0.2, -0.15) is 5.10 Å². The number of aldehydes is 1. The van der Waals surface area contributed by atoms with Crippen LogP contribution in [-0.2, 0) is 0 Å². The number of benzene rings is 2. The van der Waals surface area contributed by atoms with Crippen LogP contribution in [0.1, 0.15) is 44.1 Å². The molecule has 0 aliphatic carbocycles. The van der Waals surface area contributed by atoms with E-state index in [0.29, 0.717) is 10.4 Å². The van der Waals surface area contributed by atoms with Gasteiger partial charge in [0.25, 0.3) is 5.91 Å². The SMILES string of the molecule is Cc1cc2cn[nH]c2cc1C(=O)N[C@H](C)c1cccc(-c2ccc(C=O)s2)c1. The van der Waals surface area contributed by atoms with Gasteiger partial charge in [0, 0.05) is 15.8 Å². The van der Waals surface area contributed by atoms with Gasteiger partial charge >= 0.3 is 0 Å². The number of thiophene rings is 1. The first kappa shape index (κ1) is 18.1. The van der Waals surface area contributed by atoms with Gasteiger partial charge in [-0.25, -0.2) is 0 Å². The fourth-order valence-corrected chi connectivity index (χ4v) is 4.06. The molecule has 0 spiro atoms. The van der Waals surface area contributed by atoms with Crippen LogP contribution in [0, 0.1) is 6.92 Å². The number of fused-ring (bicyclic) bond motifs is 1. The van der Waals surface area contributed by atoms with E-state index in [1.165, 1.54) is 11.3 Å². The molecule has 6 heteroatoms. The average Bonchev–Trinajstić information content (AvgIpc) is 3.36. The average molecular weight is 389 g/mol. The van der Waals surface area contributed by atoms with Crippen LogP contribution in [0.5, 0.6) is 0 Å². The van der Waals surface area contributed by atoms with E-state index in [1.54, 1.807) is 6.20 Å². The number of carbonyl (C=O) groups excluding carboxylic acids is 2. The molecule has 140 valence electrons. The van der Waals surface area contributed by atoms with Gasteiger partial charge < -0.3 is 5.32 Å². The molecular formula is C22H19N3O2S. The fourth-order valence-electron chi connectivity index (χ4n) is 3.24. The van der Waals surface area contributed by atoms with Crippen molar-refractivity contribution in [2.75, 3.05) is 0 Å². The summed E-state index contributed by atoms with van der Waals surface area (Å²) >= 11 is 1.46. The highest BCUT2D eigenvalue weighted by Gasteiger charge is 2.15. The second-order valence-electron chi connectivity index (χ2n) is 6.76. The highest BCUT2D eigenvalue weighted by molar-refractivity contribution is 7.17. The minimum atomic E-state index is -0.158. The number of H-pyrrole nitrogens is 1. The molecule has 1 amide bonds. The fraction of sp³-hybridized carbons (Fsp3) is 0.136. The van der Waals surface area contributed by atoms with E-state index in [9.17, 15) is 9.59 Å². The molecule has 5 nitrogen and oxygen atoms in total. The lowest BCUT2D eigenvalue weighted by molar-refractivity contribution is 0.0939. The number of nitrogens with one attached hydrogen (secondary N) is 2. The van der Waals surface area contributed by atoms with Gasteiger partial charge in [-0.1, -0.05) is 18.2 Å². The molecule has 2 aromatic heterocycles. The van der Waals surface area contributed by atoms with Crippen molar-refractivity contribution in [2.45, 2.75) is 19.9 Å². The topological polar surface area (TPSA) is 74.8 Å². The number of aryl methyl sites for hydroxylation is 1. The summed E-state index contributed by atoms with van der Waals surface area (Å²) < 4.78 is 0. The Balaban J connectivity index is 1.56. The van der Waals surface area contributed by atoms with Crippen molar-refractivity contribution in [3.8, 4) is 10.4 Å². The number of hydrogen-bond acceptors (Lipinski definition) is 4. The van der Waals surface area contributed by atoms with Gasteiger partial charge in [0.2, 0.25) is 0 Å². The van der Waals surface area contributed by atoms with Crippen molar-refractivity contribution < 1.29 is 9.59 Å². The first-order valence-corrected chi connectivity index (χ1v) is 9.77. The van der Waals surface area contributed by atoms with Crippen molar-refractivity contribution in [2.24, 2.45) is 0 Å². The zero-order valence-corrected chi connectivity index (χ0v) is 16.3. The molecule has 2 N–H and O–H groups in total. The normalized spacial score (nSPS) is 12.1. The third kappa shape index (κ3) is 3.46. The Kier molecular flexibility index (Phi) is 4.79. The van der Waals surface area contributed by atoms with E-state index in [0.717, 1.165) is 38.8 Å². The summed E-state index contributed by atoms with van der Waals surface area (Å²) in [7, 11) is 0. The molecule has 0 saturated carbocycles. The minimum Gasteiger partial charge on any atom is -0.346 e.